The molecule has 6 heteroatoms. The van der Waals surface area contributed by atoms with Crippen LogP contribution in [0.1, 0.15) is 13.8 Å². The average molecular weight is 232 g/mol. The van der Waals surface area contributed by atoms with Crippen molar-refractivity contribution in [1.82, 2.24) is 10.2 Å². The number of nitrogens with one attached hydrogen (secondary N) is 1. The van der Waals surface area contributed by atoms with Gasteiger partial charge in [-0.1, -0.05) is 36.9 Å². The summed E-state index contributed by atoms with van der Waals surface area (Å²) in [7, 11) is 0. The Morgan fingerprint density at radius 1 is 1.50 bits per heavy atom. The van der Waals surface area contributed by atoms with Crippen LogP contribution >= 0.6 is 23.1 Å². The normalized spacial score (nSPS) is 10.9. The lowest BCUT2D eigenvalue weighted by Crippen LogP contribution is -2.07. The Morgan fingerprint density at radius 2 is 2.29 bits per heavy atom. The molecule has 0 amide bonds. The summed E-state index contributed by atoms with van der Waals surface area (Å²) in [6.07, 6.45) is 0. The second kappa shape index (κ2) is 6.21. The van der Waals surface area contributed by atoms with Crippen molar-refractivity contribution >= 4 is 28.2 Å². The molecule has 1 rings (SSSR count). The highest BCUT2D eigenvalue weighted by Gasteiger charge is 2.03. The van der Waals surface area contributed by atoms with Crippen LogP contribution in [0.5, 0.6) is 0 Å². The Bertz CT molecular complexity index is 262. The maximum atomic E-state index is 5.40. The number of nitrogens with two attached hydrogens (primary N) is 1. The van der Waals surface area contributed by atoms with Gasteiger partial charge in [0.2, 0.25) is 5.13 Å². The van der Waals surface area contributed by atoms with Gasteiger partial charge in [-0.25, -0.2) is 0 Å². The molecule has 3 N–H and O–H groups in total. The molecule has 0 aromatic carbocycles. The molecule has 1 heterocycles. The fourth-order valence-corrected chi connectivity index (χ4v) is 2.37. The van der Waals surface area contributed by atoms with Crippen LogP contribution in [0, 0.1) is 5.92 Å². The second-order valence-electron chi connectivity index (χ2n) is 3.29. The standard InChI is InChI=1S/C8H16N4S2/c1-6(2)5-10-7-11-12-8(14-7)13-4-3-9/h6H,3-5,9H2,1-2H3,(H,10,11). The molecule has 14 heavy (non-hydrogen) atoms. The van der Waals surface area contributed by atoms with Gasteiger partial charge in [0.1, 0.15) is 0 Å². The van der Waals surface area contributed by atoms with Crippen LogP contribution in [0.25, 0.3) is 0 Å². The largest absolute Gasteiger partial charge is 0.360 e. The summed E-state index contributed by atoms with van der Waals surface area (Å²) in [5.74, 6) is 1.53. The van der Waals surface area contributed by atoms with Gasteiger partial charge < -0.3 is 11.1 Å². The van der Waals surface area contributed by atoms with Crippen molar-refractivity contribution in [3.8, 4) is 0 Å². The van der Waals surface area contributed by atoms with Gasteiger partial charge in [0, 0.05) is 18.8 Å². The van der Waals surface area contributed by atoms with Gasteiger partial charge in [0.15, 0.2) is 4.34 Å². The smallest absolute Gasteiger partial charge is 0.206 e. The number of hydrogen-bond acceptors (Lipinski definition) is 6. The zero-order chi connectivity index (χ0) is 10.4. The number of thioether (sulfide) groups is 1. The van der Waals surface area contributed by atoms with E-state index < -0.39 is 0 Å². The summed E-state index contributed by atoms with van der Waals surface area (Å²) in [6.45, 7) is 5.95. The fourth-order valence-electron chi connectivity index (χ4n) is 0.777. The predicted molar refractivity (Wildman–Crippen MR) is 63.0 cm³/mol. The summed E-state index contributed by atoms with van der Waals surface area (Å²) in [5.41, 5.74) is 5.40. The van der Waals surface area contributed by atoms with Gasteiger partial charge in [-0.15, -0.1) is 10.2 Å². The molecule has 0 aliphatic carbocycles. The Balaban J connectivity index is 2.35. The molecular weight excluding hydrogens is 216 g/mol. The molecular formula is C8H16N4S2. The number of nitrogens with zero attached hydrogens (tertiary/aromatic N) is 2. The van der Waals surface area contributed by atoms with Crippen LogP contribution in [0.15, 0.2) is 4.34 Å². The molecule has 1 aromatic rings. The summed E-state index contributed by atoms with van der Waals surface area (Å²) >= 11 is 3.24. The Labute approximate surface area is 92.7 Å². The van der Waals surface area contributed by atoms with E-state index in [0.717, 1.165) is 21.8 Å². The Morgan fingerprint density at radius 3 is 2.93 bits per heavy atom. The summed E-state index contributed by atoms with van der Waals surface area (Å²) in [4.78, 5) is 0. The molecule has 0 bridgehead atoms. The van der Waals surface area contributed by atoms with E-state index in [-0.39, 0.29) is 0 Å². The van der Waals surface area contributed by atoms with E-state index in [1.165, 1.54) is 0 Å². The zero-order valence-electron chi connectivity index (χ0n) is 8.49. The van der Waals surface area contributed by atoms with Crippen molar-refractivity contribution in [2.24, 2.45) is 11.7 Å². The maximum Gasteiger partial charge on any atom is 0.206 e. The number of anilines is 1. The molecule has 0 aliphatic heterocycles. The van der Waals surface area contributed by atoms with E-state index in [2.05, 4.69) is 29.4 Å². The highest BCUT2D eigenvalue weighted by atomic mass is 32.2. The lowest BCUT2D eigenvalue weighted by Gasteiger charge is -2.03. The molecule has 0 radical (unpaired) electrons. The number of hydrogen-bond donors (Lipinski definition) is 2. The molecule has 4 nitrogen and oxygen atoms in total. The van der Waals surface area contributed by atoms with E-state index in [1.807, 2.05) is 0 Å². The van der Waals surface area contributed by atoms with Crippen LogP contribution in [0.3, 0.4) is 0 Å². The van der Waals surface area contributed by atoms with Crippen LogP contribution in [-0.2, 0) is 0 Å². The third-order valence-electron chi connectivity index (χ3n) is 1.41. The first-order valence-electron chi connectivity index (χ1n) is 4.62. The third kappa shape index (κ3) is 4.26. The summed E-state index contributed by atoms with van der Waals surface area (Å²) in [5, 5.41) is 12.2. The molecule has 0 unspecified atom stereocenters. The third-order valence-corrected chi connectivity index (χ3v) is 3.46. The maximum absolute atomic E-state index is 5.40. The SMILES string of the molecule is CC(C)CNc1nnc(SCCN)s1. The monoisotopic (exact) mass is 232 g/mol. The van der Waals surface area contributed by atoms with Gasteiger partial charge in [-0.05, 0) is 5.92 Å². The van der Waals surface area contributed by atoms with Crippen molar-refractivity contribution in [2.45, 2.75) is 18.2 Å². The topological polar surface area (TPSA) is 63.8 Å². The van der Waals surface area contributed by atoms with Crippen molar-refractivity contribution < 1.29 is 0 Å². The van der Waals surface area contributed by atoms with Crippen molar-refractivity contribution in [2.75, 3.05) is 24.2 Å². The lowest BCUT2D eigenvalue weighted by molar-refractivity contribution is 0.687. The minimum atomic E-state index is 0.624. The quantitative estimate of drug-likeness (QED) is 0.730. The van der Waals surface area contributed by atoms with Gasteiger partial charge in [-0.2, -0.15) is 0 Å². The lowest BCUT2D eigenvalue weighted by atomic mass is 10.2. The van der Waals surface area contributed by atoms with Crippen molar-refractivity contribution in [3.63, 3.8) is 0 Å². The fraction of sp³-hybridized carbons (Fsp3) is 0.750. The molecule has 0 spiro atoms. The van der Waals surface area contributed by atoms with E-state index in [0.29, 0.717) is 12.5 Å². The number of rotatable bonds is 6. The minimum Gasteiger partial charge on any atom is -0.360 e. The summed E-state index contributed by atoms with van der Waals surface area (Å²) < 4.78 is 0.988. The van der Waals surface area contributed by atoms with Gasteiger partial charge in [0.25, 0.3) is 0 Å². The van der Waals surface area contributed by atoms with Crippen molar-refractivity contribution in [1.29, 1.82) is 0 Å². The zero-order valence-corrected chi connectivity index (χ0v) is 10.1. The predicted octanol–water partition coefficient (Wildman–Crippen LogP) is 1.66. The number of aromatic nitrogens is 2. The molecule has 0 atom stereocenters. The van der Waals surface area contributed by atoms with E-state index in [9.17, 15) is 0 Å². The van der Waals surface area contributed by atoms with E-state index in [1.54, 1.807) is 23.1 Å². The van der Waals surface area contributed by atoms with Gasteiger partial charge in [0.05, 0.1) is 0 Å². The molecule has 0 aliphatic rings. The second-order valence-corrected chi connectivity index (χ2v) is 5.60. The Kier molecular flexibility index (Phi) is 5.21. The molecule has 0 saturated carbocycles. The molecule has 0 saturated heterocycles. The molecule has 0 fully saturated rings. The van der Waals surface area contributed by atoms with Gasteiger partial charge >= 0.3 is 0 Å². The summed E-state index contributed by atoms with van der Waals surface area (Å²) in [6, 6.07) is 0. The van der Waals surface area contributed by atoms with E-state index >= 15 is 0 Å². The van der Waals surface area contributed by atoms with E-state index in [4.69, 9.17) is 5.73 Å². The first-order chi connectivity index (χ1) is 6.72. The highest BCUT2D eigenvalue weighted by molar-refractivity contribution is 8.01. The molecule has 80 valence electrons. The first-order valence-corrected chi connectivity index (χ1v) is 6.43. The van der Waals surface area contributed by atoms with Crippen molar-refractivity contribution in [3.05, 3.63) is 0 Å². The average Bonchev–Trinajstić information content (AvgIpc) is 2.59. The van der Waals surface area contributed by atoms with Crippen LogP contribution in [-0.4, -0.2) is 29.0 Å². The minimum absolute atomic E-state index is 0.624. The van der Waals surface area contributed by atoms with Crippen LogP contribution < -0.4 is 11.1 Å². The van der Waals surface area contributed by atoms with Crippen LogP contribution in [0.2, 0.25) is 0 Å². The Hall–Kier alpha value is -0.330. The van der Waals surface area contributed by atoms with Gasteiger partial charge in [-0.3, -0.25) is 0 Å². The highest BCUT2D eigenvalue weighted by Crippen LogP contribution is 2.24. The molecule has 1 aromatic heterocycles. The van der Waals surface area contributed by atoms with Crippen LogP contribution in [0.4, 0.5) is 5.13 Å². The first kappa shape index (κ1) is 11.7.